The number of carbonyl (C=O) groups excluding carboxylic acids is 1. The van der Waals surface area contributed by atoms with E-state index in [1.165, 1.54) is 0 Å². The van der Waals surface area contributed by atoms with Crippen molar-refractivity contribution in [1.82, 2.24) is 0 Å². The first-order chi connectivity index (χ1) is 5.62. The van der Waals surface area contributed by atoms with Crippen molar-refractivity contribution < 1.29 is 22.1 Å². The van der Waals surface area contributed by atoms with Gasteiger partial charge in [-0.2, -0.15) is 8.42 Å². The molecule has 0 aliphatic carbocycles. The number of hydrogen-bond acceptors (Lipinski definition) is 5. The predicted octanol–water partition coefficient (Wildman–Crippen LogP) is -0.861. The van der Waals surface area contributed by atoms with Crippen LogP contribution < -0.4 is 0 Å². The third-order valence-corrected chi connectivity index (χ3v) is 1.98. The van der Waals surface area contributed by atoms with Crippen molar-refractivity contribution in [3.05, 3.63) is 0 Å². The van der Waals surface area contributed by atoms with Crippen molar-refractivity contribution in [2.75, 3.05) is 19.0 Å². The Bertz CT molecular complexity index is 260. The largest absolute Gasteiger partial charge is 0.467 e. The van der Waals surface area contributed by atoms with E-state index in [-0.39, 0.29) is 25.4 Å². The third-order valence-electron chi connectivity index (χ3n) is 0.841. The SMILES string of the molecule is C#CCOS(=O)(=O)CCOC=O. The summed E-state index contributed by atoms with van der Waals surface area (Å²) in [7, 11) is -3.64. The molecule has 0 bridgehead atoms. The minimum atomic E-state index is -3.64. The molecular weight excluding hydrogens is 184 g/mol. The zero-order chi connectivity index (χ0) is 9.45. The molecule has 0 aromatic heterocycles. The van der Waals surface area contributed by atoms with Gasteiger partial charge in [0.2, 0.25) is 0 Å². The van der Waals surface area contributed by atoms with Gasteiger partial charge in [-0.1, -0.05) is 5.92 Å². The van der Waals surface area contributed by atoms with E-state index in [0.29, 0.717) is 0 Å². The molecule has 0 saturated heterocycles. The molecule has 0 aromatic carbocycles. The Morgan fingerprint density at radius 1 is 1.50 bits per heavy atom. The van der Waals surface area contributed by atoms with Gasteiger partial charge in [0.05, 0.1) is 0 Å². The zero-order valence-corrected chi connectivity index (χ0v) is 7.04. The number of rotatable bonds is 6. The molecule has 0 unspecified atom stereocenters. The van der Waals surface area contributed by atoms with Crippen LogP contribution in [0.3, 0.4) is 0 Å². The molecule has 0 fully saturated rings. The molecule has 0 spiro atoms. The summed E-state index contributed by atoms with van der Waals surface area (Å²) in [5, 5.41) is 0. The van der Waals surface area contributed by atoms with Crippen LogP contribution in [-0.4, -0.2) is 33.9 Å². The maximum Gasteiger partial charge on any atom is 0.293 e. The van der Waals surface area contributed by atoms with Gasteiger partial charge in [0, 0.05) is 0 Å². The molecule has 0 N–H and O–H groups in total. The van der Waals surface area contributed by atoms with Crippen LogP contribution in [0.4, 0.5) is 0 Å². The Morgan fingerprint density at radius 3 is 2.67 bits per heavy atom. The van der Waals surface area contributed by atoms with Crippen molar-refractivity contribution in [3.63, 3.8) is 0 Å². The predicted molar refractivity (Wildman–Crippen MR) is 40.6 cm³/mol. The Morgan fingerprint density at radius 2 is 2.17 bits per heavy atom. The molecule has 0 saturated carbocycles. The molecule has 0 amide bonds. The zero-order valence-electron chi connectivity index (χ0n) is 6.23. The highest BCUT2D eigenvalue weighted by Gasteiger charge is 2.09. The van der Waals surface area contributed by atoms with Gasteiger partial charge in [-0.25, -0.2) is 0 Å². The lowest BCUT2D eigenvalue weighted by Gasteiger charge is -2.00. The highest BCUT2D eigenvalue weighted by molar-refractivity contribution is 7.86. The smallest absolute Gasteiger partial charge is 0.293 e. The lowest BCUT2D eigenvalue weighted by molar-refractivity contribution is -0.128. The topological polar surface area (TPSA) is 69.7 Å². The number of carbonyl (C=O) groups is 1. The first-order valence-electron chi connectivity index (χ1n) is 2.98. The van der Waals surface area contributed by atoms with Crippen LogP contribution >= 0.6 is 0 Å². The fourth-order valence-corrected chi connectivity index (χ4v) is 1.05. The molecule has 0 aliphatic rings. The van der Waals surface area contributed by atoms with E-state index in [4.69, 9.17) is 6.42 Å². The molecule has 0 radical (unpaired) electrons. The first kappa shape index (κ1) is 10.9. The van der Waals surface area contributed by atoms with E-state index < -0.39 is 10.1 Å². The van der Waals surface area contributed by atoms with Crippen LogP contribution in [0.5, 0.6) is 0 Å². The van der Waals surface area contributed by atoms with Gasteiger partial charge in [0.15, 0.2) is 0 Å². The highest BCUT2D eigenvalue weighted by atomic mass is 32.2. The van der Waals surface area contributed by atoms with E-state index in [1.54, 1.807) is 0 Å². The van der Waals surface area contributed by atoms with Gasteiger partial charge in [0.1, 0.15) is 19.0 Å². The van der Waals surface area contributed by atoms with E-state index >= 15 is 0 Å². The standard InChI is InChI=1S/C6H8O5S/c1-2-3-11-12(8,9)5-4-10-6-7/h1,6H,3-5H2. The second-order valence-corrected chi connectivity index (χ2v) is 3.45. The van der Waals surface area contributed by atoms with Gasteiger partial charge in [-0.15, -0.1) is 6.42 Å². The van der Waals surface area contributed by atoms with E-state index in [1.807, 2.05) is 5.92 Å². The second kappa shape index (κ2) is 5.57. The van der Waals surface area contributed by atoms with E-state index in [9.17, 15) is 13.2 Å². The molecule has 12 heavy (non-hydrogen) atoms. The molecule has 0 heterocycles. The van der Waals surface area contributed by atoms with Crippen molar-refractivity contribution >= 4 is 16.6 Å². The fourth-order valence-electron chi connectivity index (χ4n) is 0.381. The third kappa shape index (κ3) is 5.70. The Hall–Kier alpha value is -1.06. The molecule has 0 rings (SSSR count). The van der Waals surface area contributed by atoms with Crippen LogP contribution in [0.1, 0.15) is 0 Å². The number of terminal acetylenes is 1. The monoisotopic (exact) mass is 192 g/mol. The van der Waals surface area contributed by atoms with Crippen molar-refractivity contribution in [3.8, 4) is 12.3 Å². The summed E-state index contributed by atoms with van der Waals surface area (Å²) >= 11 is 0. The molecule has 68 valence electrons. The van der Waals surface area contributed by atoms with Gasteiger partial charge in [-0.3, -0.25) is 8.98 Å². The van der Waals surface area contributed by atoms with Gasteiger partial charge in [-0.05, 0) is 0 Å². The first-order valence-corrected chi connectivity index (χ1v) is 4.56. The molecule has 0 aliphatic heterocycles. The fraction of sp³-hybridized carbons (Fsp3) is 0.500. The van der Waals surface area contributed by atoms with Crippen LogP contribution in [0.2, 0.25) is 0 Å². The van der Waals surface area contributed by atoms with Crippen molar-refractivity contribution in [2.24, 2.45) is 0 Å². The maximum atomic E-state index is 10.8. The van der Waals surface area contributed by atoms with Crippen molar-refractivity contribution in [2.45, 2.75) is 0 Å². The summed E-state index contributed by atoms with van der Waals surface area (Å²) in [4.78, 5) is 9.61. The summed E-state index contributed by atoms with van der Waals surface area (Å²) in [5.74, 6) is 1.62. The lowest BCUT2D eigenvalue weighted by Crippen LogP contribution is -2.15. The van der Waals surface area contributed by atoms with Crippen LogP contribution in [0, 0.1) is 12.3 Å². The Kier molecular flexibility index (Phi) is 5.08. The molecule has 0 atom stereocenters. The summed E-state index contributed by atoms with van der Waals surface area (Å²) in [5.41, 5.74) is 0. The Balaban J connectivity index is 3.74. The normalized spacial score (nSPS) is 10.2. The van der Waals surface area contributed by atoms with E-state index in [0.717, 1.165) is 0 Å². The average Bonchev–Trinajstić information content (AvgIpc) is 2.01. The highest BCUT2D eigenvalue weighted by Crippen LogP contribution is 1.91. The average molecular weight is 192 g/mol. The van der Waals surface area contributed by atoms with Crippen molar-refractivity contribution in [1.29, 1.82) is 0 Å². The number of ether oxygens (including phenoxy) is 1. The number of hydrogen-bond donors (Lipinski definition) is 0. The summed E-state index contributed by atoms with van der Waals surface area (Å²) in [6.07, 6.45) is 4.76. The summed E-state index contributed by atoms with van der Waals surface area (Å²) < 4.78 is 29.9. The molecule has 5 nitrogen and oxygen atoms in total. The van der Waals surface area contributed by atoms with Crippen LogP contribution in [0.25, 0.3) is 0 Å². The molecule has 0 aromatic rings. The van der Waals surface area contributed by atoms with Gasteiger partial charge >= 0.3 is 0 Å². The lowest BCUT2D eigenvalue weighted by atomic mass is 10.8. The maximum absolute atomic E-state index is 10.8. The Labute approximate surface area is 70.8 Å². The van der Waals surface area contributed by atoms with Crippen LogP contribution in [-0.2, 0) is 23.8 Å². The summed E-state index contributed by atoms with van der Waals surface area (Å²) in [6.45, 7) is -0.365. The molecule has 6 heteroatoms. The minimum Gasteiger partial charge on any atom is -0.467 e. The van der Waals surface area contributed by atoms with E-state index in [2.05, 4.69) is 8.92 Å². The molecular formula is C6H8O5S. The quantitative estimate of drug-likeness (QED) is 0.237. The summed E-state index contributed by atoms with van der Waals surface area (Å²) in [6, 6.07) is 0. The van der Waals surface area contributed by atoms with Crippen LogP contribution in [0.15, 0.2) is 0 Å². The minimum absolute atomic E-state index is 0.163. The second-order valence-electron chi connectivity index (χ2n) is 1.70. The van der Waals surface area contributed by atoms with Gasteiger partial charge in [0.25, 0.3) is 16.6 Å². The van der Waals surface area contributed by atoms with Gasteiger partial charge < -0.3 is 4.74 Å².